The van der Waals surface area contributed by atoms with Gasteiger partial charge in [-0.1, -0.05) is 235 Å². The number of unbranched alkanes of at least 4 members (excludes halogenated alkanes) is 26. The van der Waals surface area contributed by atoms with Crippen molar-refractivity contribution in [2.24, 2.45) is 0 Å². The van der Waals surface area contributed by atoms with Gasteiger partial charge in [0, 0.05) is 6.42 Å². The summed E-state index contributed by atoms with van der Waals surface area (Å²) in [6.07, 6.45) is 62.6. The third-order valence-electron chi connectivity index (χ3n) is 12.0. The van der Waals surface area contributed by atoms with Crippen LogP contribution >= 0.6 is 7.82 Å². The smallest absolute Gasteiger partial charge is 0.391 e. The second kappa shape index (κ2) is 47.3. The average molecular weight is 934 g/mol. The number of rotatable bonds is 49. The molecule has 0 aromatic rings. The van der Waals surface area contributed by atoms with E-state index in [1.54, 1.807) is 0 Å². The molecule has 3 atom stereocenters. The van der Waals surface area contributed by atoms with Gasteiger partial charge in [0.25, 0.3) is 0 Å². The molecule has 0 rings (SSSR count). The SMILES string of the molecule is CC/C=C\C/C=C\C/C=C\C/C=C\C/C=C\CCCCCCCCCCCC(=O)NC(COP(=O)(O)OCC[N+](C)(C)C)C(O)CCCCCCCCCCCCCCCCCCCC. The monoisotopic (exact) mass is 934 g/mol. The van der Waals surface area contributed by atoms with Crippen molar-refractivity contribution in [2.45, 2.75) is 251 Å². The van der Waals surface area contributed by atoms with Gasteiger partial charge in [0.05, 0.1) is 39.9 Å². The third-order valence-corrected chi connectivity index (χ3v) is 13.0. The number of carbonyl (C=O) groups excluding carboxylic acids is 1. The van der Waals surface area contributed by atoms with Crippen molar-refractivity contribution >= 4 is 13.7 Å². The number of likely N-dealkylation sites (N-methyl/N-ethyl adjacent to an activating group) is 1. The molecule has 0 aromatic carbocycles. The average Bonchev–Trinajstić information content (AvgIpc) is 3.26. The van der Waals surface area contributed by atoms with Gasteiger partial charge in [-0.2, -0.15) is 0 Å². The van der Waals surface area contributed by atoms with Crippen molar-refractivity contribution in [1.82, 2.24) is 5.32 Å². The van der Waals surface area contributed by atoms with Crippen LogP contribution in [0.25, 0.3) is 0 Å². The second-order valence-electron chi connectivity index (χ2n) is 19.6. The quantitative estimate of drug-likeness (QED) is 0.0243. The lowest BCUT2D eigenvalue weighted by atomic mass is 10.0. The number of aliphatic hydroxyl groups is 1. The molecule has 0 bridgehead atoms. The summed E-state index contributed by atoms with van der Waals surface area (Å²) in [7, 11) is 1.61. The number of quaternary nitrogens is 1. The standard InChI is InChI=1S/C56H105N2O6P/c1-6-8-10-12-14-16-18-20-22-24-26-27-28-29-30-31-32-34-36-38-40-42-44-46-48-50-56(60)57-54(53-64-65(61,62)63-52-51-58(3,4)5)55(59)49-47-45-43-41-39-37-35-33-25-23-21-19-17-15-13-11-9-7-2/h8,10,14,16,20,22,26-27,29-30,54-55,59H,6-7,9,11-13,15,17-19,21,23-25,28,31-53H2,1-5H3,(H-,57,60,61,62)/p+1/b10-8-,16-14-,22-20-,27-26-,30-29-. The van der Waals surface area contributed by atoms with E-state index in [-0.39, 0.29) is 19.1 Å². The van der Waals surface area contributed by atoms with Crippen LogP contribution < -0.4 is 5.32 Å². The molecule has 0 fully saturated rings. The van der Waals surface area contributed by atoms with E-state index in [0.29, 0.717) is 23.9 Å². The van der Waals surface area contributed by atoms with E-state index in [9.17, 15) is 19.4 Å². The van der Waals surface area contributed by atoms with Gasteiger partial charge < -0.3 is 19.8 Å². The first kappa shape index (κ1) is 63.2. The number of amides is 1. The predicted octanol–water partition coefficient (Wildman–Crippen LogP) is 16.1. The molecule has 380 valence electrons. The Kier molecular flexibility index (Phi) is 46.0. The lowest BCUT2D eigenvalue weighted by Crippen LogP contribution is -2.46. The van der Waals surface area contributed by atoms with Gasteiger partial charge in [-0.3, -0.25) is 13.8 Å². The molecule has 3 N–H and O–H groups in total. The van der Waals surface area contributed by atoms with Crippen LogP contribution in [0, 0.1) is 0 Å². The van der Waals surface area contributed by atoms with Crippen LogP contribution in [0.3, 0.4) is 0 Å². The van der Waals surface area contributed by atoms with Gasteiger partial charge in [0.1, 0.15) is 13.2 Å². The molecule has 65 heavy (non-hydrogen) atoms. The van der Waals surface area contributed by atoms with Crippen molar-refractivity contribution < 1.29 is 32.9 Å². The zero-order valence-corrected chi connectivity index (χ0v) is 44.1. The highest BCUT2D eigenvalue weighted by Crippen LogP contribution is 2.43. The highest BCUT2D eigenvalue weighted by Gasteiger charge is 2.28. The van der Waals surface area contributed by atoms with Crippen LogP contribution in [-0.4, -0.2) is 73.4 Å². The number of phosphoric ester groups is 1. The molecular weight excluding hydrogens is 828 g/mol. The van der Waals surface area contributed by atoms with Gasteiger partial charge in [-0.05, 0) is 57.8 Å². The Morgan fingerprint density at radius 3 is 1.35 bits per heavy atom. The van der Waals surface area contributed by atoms with Crippen molar-refractivity contribution in [1.29, 1.82) is 0 Å². The first-order chi connectivity index (χ1) is 31.5. The first-order valence-electron chi connectivity index (χ1n) is 27.2. The molecule has 0 saturated heterocycles. The van der Waals surface area contributed by atoms with E-state index in [1.807, 2.05) is 21.1 Å². The Balaban J connectivity index is 4.23. The summed E-state index contributed by atoms with van der Waals surface area (Å²) in [6, 6.07) is -0.767. The van der Waals surface area contributed by atoms with E-state index in [4.69, 9.17) is 9.05 Å². The lowest BCUT2D eigenvalue weighted by Gasteiger charge is -2.26. The number of aliphatic hydroxyl groups excluding tert-OH is 1. The maximum atomic E-state index is 13.0. The molecule has 0 aromatic heterocycles. The summed E-state index contributed by atoms with van der Waals surface area (Å²) < 4.78 is 23.8. The maximum absolute atomic E-state index is 13.0. The lowest BCUT2D eigenvalue weighted by molar-refractivity contribution is -0.870. The summed E-state index contributed by atoms with van der Waals surface area (Å²) in [5.74, 6) is -0.151. The third kappa shape index (κ3) is 49.9. The molecule has 0 spiro atoms. The van der Waals surface area contributed by atoms with Crippen LogP contribution in [0.4, 0.5) is 0 Å². The fourth-order valence-electron chi connectivity index (χ4n) is 7.78. The fourth-order valence-corrected chi connectivity index (χ4v) is 8.52. The van der Waals surface area contributed by atoms with E-state index in [1.165, 1.54) is 135 Å². The Morgan fingerprint density at radius 1 is 0.538 bits per heavy atom. The van der Waals surface area contributed by atoms with Gasteiger partial charge in [0.2, 0.25) is 5.91 Å². The van der Waals surface area contributed by atoms with E-state index in [0.717, 1.165) is 77.0 Å². The Bertz CT molecular complexity index is 1240. The number of hydrogen-bond donors (Lipinski definition) is 3. The van der Waals surface area contributed by atoms with Gasteiger partial charge in [-0.25, -0.2) is 4.57 Å². The molecule has 3 unspecified atom stereocenters. The highest BCUT2D eigenvalue weighted by molar-refractivity contribution is 7.47. The Labute approximate surface area is 402 Å². The zero-order valence-electron chi connectivity index (χ0n) is 43.2. The van der Waals surface area contributed by atoms with E-state index >= 15 is 0 Å². The number of nitrogens with one attached hydrogen (secondary N) is 1. The van der Waals surface area contributed by atoms with Gasteiger partial charge >= 0.3 is 7.82 Å². The Morgan fingerprint density at radius 2 is 0.923 bits per heavy atom. The molecule has 8 nitrogen and oxygen atoms in total. The molecule has 0 aliphatic rings. The van der Waals surface area contributed by atoms with Crippen LogP contribution in [0.1, 0.15) is 239 Å². The van der Waals surface area contributed by atoms with Crippen LogP contribution in [-0.2, 0) is 18.4 Å². The van der Waals surface area contributed by atoms with Gasteiger partial charge in [-0.15, -0.1) is 0 Å². The fraction of sp³-hybridized carbons (Fsp3) is 0.804. The number of phosphoric acid groups is 1. The number of carbonyl (C=O) groups is 1. The molecule has 0 radical (unpaired) electrons. The molecule has 0 aliphatic heterocycles. The zero-order chi connectivity index (χ0) is 47.8. The second-order valence-corrected chi connectivity index (χ2v) is 21.0. The maximum Gasteiger partial charge on any atom is 0.472 e. The molecule has 1 amide bonds. The number of allylic oxidation sites excluding steroid dienone is 10. The van der Waals surface area contributed by atoms with Crippen LogP contribution in [0.15, 0.2) is 60.8 Å². The molecule has 0 saturated carbocycles. The minimum Gasteiger partial charge on any atom is -0.391 e. The highest BCUT2D eigenvalue weighted by atomic mass is 31.2. The normalized spacial score (nSPS) is 14.5. The molecule has 9 heteroatoms. The summed E-state index contributed by atoms with van der Waals surface area (Å²) in [4.78, 5) is 23.3. The molecule has 0 aliphatic carbocycles. The largest absolute Gasteiger partial charge is 0.472 e. The topological polar surface area (TPSA) is 105 Å². The Hall–Kier alpha value is -1.80. The van der Waals surface area contributed by atoms with Crippen LogP contribution in [0.2, 0.25) is 0 Å². The van der Waals surface area contributed by atoms with Gasteiger partial charge in [0.15, 0.2) is 0 Å². The van der Waals surface area contributed by atoms with Crippen molar-refractivity contribution in [3.63, 3.8) is 0 Å². The number of nitrogens with zero attached hydrogens (tertiary/aromatic N) is 1. The summed E-state index contributed by atoms with van der Waals surface area (Å²) in [5, 5.41) is 14.0. The van der Waals surface area contributed by atoms with Crippen molar-refractivity contribution in [3.05, 3.63) is 60.8 Å². The summed E-state index contributed by atoms with van der Waals surface area (Å²) >= 11 is 0. The molecular formula is C56H106N2O6P+. The summed E-state index contributed by atoms with van der Waals surface area (Å²) in [6.45, 7) is 4.78. The predicted molar refractivity (Wildman–Crippen MR) is 281 cm³/mol. The van der Waals surface area contributed by atoms with Crippen LogP contribution in [0.5, 0.6) is 0 Å². The number of hydrogen-bond acceptors (Lipinski definition) is 5. The summed E-state index contributed by atoms with van der Waals surface area (Å²) in [5.41, 5.74) is 0. The van der Waals surface area contributed by atoms with E-state index in [2.05, 4.69) is 79.9 Å². The molecule has 0 heterocycles. The van der Waals surface area contributed by atoms with Crippen molar-refractivity contribution in [3.8, 4) is 0 Å². The minimum atomic E-state index is -4.33. The first-order valence-corrected chi connectivity index (χ1v) is 28.6. The van der Waals surface area contributed by atoms with Crippen molar-refractivity contribution in [2.75, 3.05) is 40.9 Å². The minimum absolute atomic E-state index is 0.0714. The van der Waals surface area contributed by atoms with E-state index < -0.39 is 20.0 Å².